The Bertz CT molecular complexity index is 867. The highest BCUT2D eigenvalue weighted by Crippen LogP contribution is 2.26. The maximum atomic E-state index is 12.7. The van der Waals surface area contributed by atoms with Gasteiger partial charge in [0.05, 0.1) is 6.54 Å². The van der Waals surface area contributed by atoms with Crippen molar-refractivity contribution in [2.45, 2.75) is 45.3 Å². The molecule has 0 radical (unpaired) electrons. The fourth-order valence-corrected chi connectivity index (χ4v) is 3.83. The number of hydrogen-bond acceptors (Lipinski definition) is 4. The zero-order valence-corrected chi connectivity index (χ0v) is 18.3. The number of amidine groups is 1. The van der Waals surface area contributed by atoms with Gasteiger partial charge >= 0.3 is 0 Å². The number of rotatable bonds is 7. The predicted molar refractivity (Wildman–Crippen MR) is 119 cm³/mol. The first-order chi connectivity index (χ1) is 13.8. The van der Waals surface area contributed by atoms with E-state index < -0.39 is 0 Å². The summed E-state index contributed by atoms with van der Waals surface area (Å²) in [4.78, 5) is 17.1. The Morgan fingerprint density at radius 2 is 1.72 bits per heavy atom. The van der Waals surface area contributed by atoms with E-state index in [1.165, 1.54) is 0 Å². The molecule has 3 atom stereocenters. The van der Waals surface area contributed by atoms with Gasteiger partial charge in [-0.3, -0.25) is 9.79 Å². The SMILES string of the molecule is CC1=NC(C)N(CC(=O)N[C@H](C)[C@H](Cc2ccc(Cl)cc2)c2ccc(Cl)cc2)N1. The molecule has 0 aromatic heterocycles. The molecule has 0 saturated carbocycles. The molecular formula is C22H26Cl2N4O. The summed E-state index contributed by atoms with van der Waals surface area (Å²) in [5.41, 5.74) is 5.41. The summed E-state index contributed by atoms with van der Waals surface area (Å²) in [5, 5.41) is 6.39. The molecule has 1 amide bonds. The molecule has 0 aliphatic carbocycles. The van der Waals surface area contributed by atoms with Crippen molar-refractivity contribution >= 4 is 34.9 Å². The van der Waals surface area contributed by atoms with Gasteiger partial charge in [-0.25, -0.2) is 0 Å². The number of nitrogens with zero attached hydrogens (tertiary/aromatic N) is 2. The summed E-state index contributed by atoms with van der Waals surface area (Å²) >= 11 is 12.1. The maximum absolute atomic E-state index is 12.7. The molecule has 0 saturated heterocycles. The molecule has 1 unspecified atom stereocenters. The number of nitrogens with one attached hydrogen (secondary N) is 2. The smallest absolute Gasteiger partial charge is 0.236 e. The molecule has 0 fully saturated rings. The average Bonchev–Trinajstić information content (AvgIpc) is 2.98. The van der Waals surface area contributed by atoms with E-state index in [4.69, 9.17) is 23.2 Å². The Hall–Kier alpha value is -2.08. The number of hydrazine groups is 1. The highest BCUT2D eigenvalue weighted by Gasteiger charge is 2.25. The van der Waals surface area contributed by atoms with Crippen molar-refractivity contribution in [3.8, 4) is 0 Å². The van der Waals surface area contributed by atoms with Crippen LogP contribution in [-0.2, 0) is 11.2 Å². The van der Waals surface area contributed by atoms with Gasteiger partial charge in [-0.1, -0.05) is 47.5 Å². The Morgan fingerprint density at radius 3 is 2.28 bits per heavy atom. The second-order valence-electron chi connectivity index (χ2n) is 7.43. The van der Waals surface area contributed by atoms with E-state index in [-0.39, 0.29) is 30.6 Å². The average molecular weight is 433 g/mol. The first kappa shape index (κ1) is 21.6. The highest BCUT2D eigenvalue weighted by molar-refractivity contribution is 6.30. The fraction of sp³-hybridized carbons (Fsp3) is 0.364. The van der Waals surface area contributed by atoms with E-state index >= 15 is 0 Å². The van der Waals surface area contributed by atoms with Crippen LogP contribution in [-0.4, -0.2) is 35.5 Å². The molecule has 1 aliphatic heterocycles. The lowest BCUT2D eigenvalue weighted by molar-refractivity contribution is -0.123. The van der Waals surface area contributed by atoms with Crippen molar-refractivity contribution in [3.05, 3.63) is 69.7 Å². The van der Waals surface area contributed by atoms with Gasteiger partial charge in [0.25, 0.3) is 0 Å². The van der Waals surface area contributed by atoms with E-state index in [1.54, 1.807) is 0 Å². The molecule has 3 rings (SSSR count). The van der Waals surface area contributed by atoms with E-state index in [0.717, 1.165) is 23.4 Å². The van der Waals surface area contributed by atoms with Gasteiger partial charge in [0.2, 0.25) is 5.91 Å². The molecule has 2 aromatic rings. The maximum Gasteiger partial charge on any atom is 0.236 e. The summed E-state index contributed by atoms with van der Waals surface area (Å²) in [6.07, 6.45) is 0.720. The summed E-state index contributed by atoms with van der Waals surface area (Å²) < 4.78 is 0. The van der Waals surface area contributed by atoms with Crippen LogP contribution in [0, 0.1) is 0 Å². The Kier molecular flexibility index (Phi) is 7.17. The van der Waals surface area contributed by atoms with Gasteiger partial charge in [0.15, 0.2) is 0 Å². The van der Waals surface area contributed by atoms with Crippen molar-refractivity contribution in [1.82, 2.24) is 15.8 Å². The van der Waals surface area contributed by atoms with E-state index in [1.807, 2.05) is 74.3 Å². The first-order valence-corrected chi connectivity index (χ1v) is 10.4. The van der Waals surface area contributed by atoms with Crippen LogP contribution < -0.4 is 10.7 Å². The van der Waals surface area contributed by atoms with Gasteiger partial charge in [0.1, 0.15) is 12.0 Å². The summed E-state index contributed by atoms with van der Waals surface area (Å²) in [7, 11) is 0. The lowest BCUT2D eigenvalue weighted by Gasteiger charge is -2.27. The molecule has 7 heteroatoms. The van der Waals surface area contributed by atoms with Crippen molar-refractivity contribution < 1.29 is 4.79 Å². The lowest BCUT2D eigenvalue weighted by atomic mass is 9.86. The zero-order chi connectivity index (χ0) is 21.0. The Balaban J connectivity index is 1.71. The molecule has 5 nitrogen and oxygen atoms in total. The highest BCUT2D eigenvalue weighted by atomic mass is 35.5. The third-order valence-corrected chi connectivity index (χ3v) is 5.61. The molecule has 2 N–H and O–H groups in total. The van der Waals surface area contributed by atoms with Crippen LogP contribution in [0.25, 0.3) is 0 Å². The van der Waals surface area contributed by atoms with Gasteiger partial charge < -0.3 is 10.7 Å². The largest absolute Gasteiger partial charge is 0.352 e. The number of benzene rings is 2. The van der Waals surface area contributed by atoms with Crippen molar-refractivity contribution in [2.24, 2.45) is 4.99 Å². The Morgan fingerprint density at radius 1 is 1.14 bits per heavy atom. The van der Waals surface area contributed by atoms with Crippen LogP contribution in [0.15, 0.2) is 53.5 Å². The normalized spacial score (nSPS) is 18.7. The van der Waals surface area contributed by atoms with E-state index in [0.29, 0.717) is 10.0 Å². The monoisotopic (exact) mass is 432 g/mol. The number of aliphatic imine (C=N–C) groups is 1. The molecule has 2 aromatic carbocycles. The van der Waals surface area contributed by atoms with Crippen molar-refractivity contribution in [2.75, 3.05) is 6.54 Å². The molecule has 0 bridgehead atoms. The van der Waals surface area contributed by atoms with Crippen LogP contribution in [0.4, 0.5) is 0 Å². The molecule has 0 spiro atoms. The minimum Gasteiger partial charge on any atom is -0.352 e. The second-order valence-corrected chi connectivity index (χ2v) is 8.30. The van der Waals surface area contributed by atoms with Gasteiger partial charge in [-0.15, -0.1) is 0 Å². The van der Waals surface area contributed by atoms with Crippen LogP contribution in [0.1, 0.15) is 37.8 Å². The van der Waals surface area contributed by atoms with Crippen LogP contribution in [0.3, 0.4) is 0 Å². The van der Waals surface area contributed by atoms with Crippen LogP contribution in [0.2, 0.25) is 10.0 Å². The molecular weight excluding hydrogens is 407 g/mol. The van der Waals surface area contributed by atoms with Crippen LogP contribution in [0.5, 0.6) is 0 Å². The van der Waals surface area contributed by atoms with Gasteiger partial charge in [-0.2, -0.15) is 5.01 Å². The topological polar surface area (TPSA) is 56.7 Å². The summed E-state index contributed by atoms with van der Waals surface area (Å²) in [6, 6.07) is 15.6. The fourth-order valence-electron chi connectivity index (χ4n) is 3.57. The number of hydrogen-bond donors (Lipinski definition) is 2. The minimum absolute atomic E-state index is 0.0446. The molecule has 1 aliphatic rings. The molecule has 29 heavy (non-hydrogen) atoms. The molecule has 154 valence electrons. The quantitative estimate of drug-likeness (QED) is 0.680. The third kappa shape index (κ3) is 5.95. The lowest BCUT2D eigenvalue weighted by Crippen LogP contribution is -2.48. The first-order valence-electron chi connectivity index (χ1n) is 9.69. The minimum atomic E-state index is -0.0701. The van der Waals surface area contributed by atoms with Crippen molar-refractivity contribution in [3.63, 3.8) is 0 Å². The summed E-state index contributed by atoms with van der Waals surface area (Å²) in [5.74, 6) is 0.872. The number of carbonyl (C=O) groups excluding carboxylic acids is 1. The van der Waals surface area contributed by atoms with Gasteiger partial charge in [-0.05, 0) is 62.6 Å². The number of carbonyl (C=O) groups is 1. The van der Waals surface area contributed by atoms with E-state index in [2.05, 4.69) is 15.7 Å². The molecule has 1 heterocycles. The summed E-state index contributed by atoms with van der Waals surface area (Å²) in [6.45, 7) is 6.12. The number of amides is 1. The van der Waals surface area contributed by atoms with E-state index in [9.17, 15) is 4.79 Å². The number of halogens is 2. The van der Waals surface area contributed by atoms with Crippen molar-refractivity contribution in [1.29, 1.82) is 0 Å². The zero-order valence-electron chi connectivity index (χ0n) is 16.8. The predicted octanol–water partition coefficient (Wildman–Crippen LogP) is 4.41. The third-order valence-electron chi connectivity index (χ3n) is 5.11. The second kappa shape index (κ2) is 9.61. The Labute approximate surface area is 182 Å². The van der Waals surface area contributed by atoms with Gasteiger partial charge in [0, 0.05) is 22.0 Å². The van der Waals surface area contributed by atoms with Crippen LogP contribution >= 0.6 is 23.2 Å². The standard InChI is InChI=1S/C22H26Cl2N4O/c1-14(25-22(29)13-28-16(3)26-15(2)27-28)21(18-6-10-20(24)11-7-18)12-17-4-8-19(23)9-5-17/h4-11,14,16,21H,12-13H2,1-3H3,(H,25,29)(H,26,27)/t14-,16?,21+/m1/s1.